The van der Waals surface area contributed by atoms with Gasteiger partial charge in [-0.15, -0.1) is 15.6 Å². The number of oxime groups is 1. The fourth-order valence-electron chi connectivity index (χ4n) is 4.72. The Bertz CT molecular complexity index is 1810. The van der Waals surface area contributed by atoms with Gasteiger partial charge in [-0.2, -0.15) is 13.5 Å². The summed E-state index contributed by atoms with van der Waals surface area (Å²) in [6.45, 7) is 2.21. The summed E-state index contributed by atoms with van der Waals surface area (Å²) in [5.74, 6) is -2.43. The Morgan fingerprint density at radius 2 is 1.98 bits per heavy atom. The summed E-state index contributed by atoms with van der Waals surface area (Å²) in [4.78, 5) is 51.4. The van der Waals surface area contributed by atoms with E-state index in [2.05, 4.69) is 30.0 Å². The van der Waals surface area contributed by atoms with Crippen molar-refractivity contribution in [2.75, 3.05) is 17.7 Å². The number of hydrogen-bond donors (Lipinski definition) is 6. The smallest absolute Gasteiger partial charge is 0.418 e. The maximum atomic E-state index is 13.2. The van der Waals surface area contributed by atoms with Crippen LogP contribution in [-0.4, -0.2) is 93.0 Å². The molecule has 1 aromatic carbocycles. The van der Waals surface area contributed by atoms with Crippen molar-refractivity contribution in [3.63, 3.8) is 0 Å². The molecule has 20 heteroatoms. The average molecular weight is 679 g/mol. The fourth-order valence-corrected chi connectivity index (χ4v) is 5.72. The number of rotatable bonds is 13. The van der Waals surface area contributed by atoms with Gasteiger partial charge in [-0.05, 0) is 57.0 Å². The summed E-state index contributed by atoms with van der Waals surface area (Å²) in [6.07, 6.45) is 0.0625. The highest BCUT2D eigenvalue weighted by molar-refractivity contribution is 7.80. The summed E-state index contributed by atoms with van der Waals surface area (Å²) in [6, 6.07) is 7.84. The minimum atomic E-state index is -5.02. The molecule has 2 aromatic heterocycles. The molecule has 3 heterocycles. The number of nitrogens with one attached hydrogen (secondary N) is 2. The number of aliphatic carboxylic acids is 1. The number of aromatic nitrogens is 2. The van der Waals surface area contributed by atoms with Gasteiger partial charge in [0.15, 0.2) is 10.8 Å². The number of anilines is 2. The van der Waals surface area contributed by atoms with E-state index in [1.807, 2.05) is 12.1 Å². The lowest BCUT2D eigenvalue weighted by atomic mass is 9.84. The molecule has 46 heavy (non-hydrogen) atoms. The molecule has 2 aliphatic rings. The predicted octanol–water partition coefficient (Wildman–Crippen LogP) is 0.268. The second kappa shape index (κ2) is 12.6. The van der Waals surface area contributed by atoms with Gasteiger partial charge in [-0.1, -0.05) is 5.16 Å². The molecule has 18 nitrogen and oxygen atoms in total. The first-order valence-electron chi connectivity index (χ1n) is 13.7. The number of benzene rings is 1. The molecule has 3 aromatic rings. The van der Waals surface area contributed by atoms with Crippen LogP contribution in [0, 0.1) is 0 Å². The SMILES string of the molecule is CC1(C)C(NC(=O)C(=NOC(COc2ccc3nc(NC4CC(N)C4)ccc3c2)C(=O)O)c2csc(N)n2)C(=O)N1OS(=O)(=O)O. The van der Waals surface area contributed by atoms with Crippen molar-refractivity contribution in [3.8, 4) is 5.75 Å². The van der Waals surface area contributed by atoms with Gasteiger partial charge in [0.2, 0.25) is 0 Å². The van der Waals surface area contributed by atoms with Gasteiger partial charge in [0, 0.05) is 22.8 Å². The summed E-state index contributed by atoms with van der Waals surface area (Å²) in [5.41, 5.74) is 10.2. The van der Waals surface area contributed by atoms with Gasteiger partial charge in [0.05, 0.1) is 11.1 Å². The highest BCUT2D eigenvalue weighted by Crippen LogP contribution is 2.33. The number of β-lactam (4-membered cyclic amide) rings is 1. The monoisotopic (exact) mass is 678 g/mol. The Labute approximate surface area is 265 Å². The van der Waals surface area contributed by atoms with E-state index in [4.69, 9.17) is 25.6 Å². The number of pyridine rings is 1. The maximum absolute atomic E-state index is 13.2. The first kappa shape index (κ1) is 32.8. The number of hydroxylamine groups is 2. The van der Waals surface area contributed by atoms with Gasteiger partial charge >= 0.3 is 16.4 Å². The van der Waals surface area contributed by atoms with E-state index in [9.17, 15) is 27.9 Å². The maximum Gasteiger partial charge on any atom is 0.418 e. The van der Waals surface area contributed by atoms with Gasteiger partial charge in [-0.25, -0.2) is 14.8 Å². The normalized spacial score (nSPS) is 21.6. The molecule has 8 N–H and O–H groups in total. The Kier molecular flexibility index (Phi) is 9.00. The summed E-state index contributed by atoms with van der Waals surface area (Å²) in [7, 11) is -5.02. The molecule has 0 spiro atoms. The molecule has 2 fully saturated rings. The molecule has 5 rings (SSSR count). The third kappa shape index (κ3) is 7.26. The highest BCUT2D eigenvalue weighted by Gasteiger charge is 2.58. The van der Waals surface area contributed by atoms with Crippen molar-refractivity contribution in [1.29, 1.82) is 0 Å². The Morgan fingerprint density at radius 3 is 2.59 bits per heavy atom. The standard InChI is InChI=1S/C26H30N8O10S2/c1-26(2)21(23(36)34(26)44-46(39,40)41)32-22(35)20(17-11-45-25(28)31-17)33-43-18(24(37)38)10-42-15-4-5-16-12(7-15)3-6-19(30-16)29-14-8-13(27)9-14/h3-7,11,13-14,18,21H,8-10,27H2,1-2H3,(H2,28,31)(H,29,30)(H,32,35)(H,37,38)(H,39,40,41). The van der Waals surface area contributed by atoms with Crippen LogP contribution in [0.25, 0.3) is 10.9 Å². The second-order valence-electron chi connectivity index (χ2n) is 11.1. The molecule has 1 aliphatic carbocycles. The third-order valence-corrected chi connectivity index (χ3v) is 8.25. The number of carbonyl (C=O) groups is 3. The van der Waals surface area contributed by atoms with E-state index in [-0.39, 0.29) is 22.9 Å². The van der Waals surface area contributed by atoms with Crippen molar-refractivity contribution in [1.82, 2.24) is 20.3 Å². The Morgan fingerprint density at radius 1 is 1.24 bits per heavy atom. The lowest BCUT2D eigenvalue weighted by Gasteiger charge is -2.50. The molecule has 1 saturated heterocycles. The third-order valence-electron chi connectivity index (χ3n) is 7.24. The van der Waals surface area contributed by atoms with Crippen LogP contribution in [0.2, 0.25) is 0 Å². The van der Waals surface area contributed by atoms with E-state index in [0.29, 0.717) is 22.1 Å². The Hall–Kier alpha value is -4.63. The first-order valence-corrected chi connectivity index (χ1v) is 15.9. The number of nitrogen functional groups attached to an aromatic ring is 1. The van der Waals surface area contributed by atoms with Crippen LogP contribution in [0.5, 0.6) is 5.75 Å². The molecular formula is C26H30N8O10S2. The number of carbonyl (C=O) groups excluding carboxylic acids is 2. The van der Waals surface area contributed by atoms with Crippen LogP contribution in [0.15, 0.2) is 40.9 Å². The number of carboxylic acid groups (broad SMARTS) is 1. The molecule has 1 aliphatic heterocycles. The average Bonchev–Trinajstić information content (AvgIpc) is 3.40. The minimum absolute atomic E-state index is 0.0577. The van der Waals surface area contributed by atoms with Crippen LogP contribution in [0.4, 0.5) is 10.9 Å². The van der Waals surface area contributed by atoms with Crippen LogP contribution < -0.4 is 26.8 Å². The quantitative estimate of drug-likeness (QED) is 0.0613. The van der Waals surface area contributed by atoms with Gasteiger partial charge < -0.3 is 36.8 Å². The van der Waals surface area contributed by atoms with Crippen LogP contribution >= 0.6 is 11.3 Å². The van der Waals surface area contributed by atoms with Crippen molar-refractivity contribution in [2.24, 2.45) is 10.9 Å². The first-order chi connectivity index (χ1) is 21.6. The molecule has 0 bridgehead atoms. The van der Waals surface area contributed by atoms with Crippen molar-refractivity contribution in [3.05, 3.63) is 41.4 Å². The largest absolute Gasteiger partial charge is 0.489 e. The topological polar surface area (TPSA) is 271 Å². The van der Waals surface area contributed by atoms with E-state index < -0.39 is 58.2 Å². The zero-order valence-electron chi connectivity index (χ0n) is 24.3. The predicted molar refractivity (Wildman–Crippen MR) is 163 cm³/mol. The fraction of sp³-hybridized carbons (Fsp3) is 0.385. The van der Waals surface area contributed by atoms with Gasteiger partial charge in [0.25, 0.3) is 17.9 Å². The molecule has 2 atom stereocenters. The van der Waals surface area contributed by atoms with Crippen LogP contribution in [0.3, 0.4) is 0 Å². The Balaban J connectivity index is 1.26. The molecule has 2 amide bonds. The highest BCUT2D eigenvalue weighted by atomic mass is 32.3. The van der Waals surface area contributed by atoms with E-state index in [1.54, 1.807) is 18.2 Å². The minimum Gasteiger partial charge on any atom is -0.489 e. The number of carboxylic acids is 1. The number of hydrogen-bond acceptors (Lipinski definition) is 15. The molecule has 2 unspecified atom stereocenters. The molecule has 1 saturated carbocycles. The van der Waals surface area contributed by atoms with E-state index in [1.165, 1.54) is 19.2 Å². The zero-order chi connectivity index (χ0) is 33.4. The number of nitrogens with zero attached hydrogens (tertiary/aromatic N) is 4. The molecule has 0 radical (unpaired) electrons. The zero-order valence-corrected chi connectivity index (χ0v) is 25.9. The lowest BCUT2D eigenvalue weighted by molar-refractivity contribution is -0.218. The molecular weight excluding hydrogens is 648 g/mol. The van der Waals surface area contributed by atoms with Crippen LogP contribution in [-0.2, 0) is 33.9 Å². The number of fused-ring (bicyclic) bond motifs is 1. The van der Waals surface area contributed by atoms with Crippen LogP contribution in [0.1, 0.15) is 32.4 Å². The number of nitrogens with two attached hydrogens (primary N) is 2. The van der Waals surface area contributed by atoms with Crippen molar-refractivity contribution >= 4 is 67.1 Å². The van der Waals surface area contributed by atoms with Crippen molar-refractivity contribution < 1.29 is 46.3 Å². The van der Waals surface area contributed by atoms with Gasteiger partial charge in [-0.3, -0.25) is 14.1 Å². The summed E-state index contributed by atoms with van der Waals surface area (Å²) in [5, 5.41) is 21.7. The van der Waals surface area contributed by atoms with E-state index in [0.717, 1.165) is 29.6 Å². The van der Waals surface area contributed by atoms with E-state index >= 15 is 0 Å². The summed E-state index contributed by atoms with van der Waals surface area (Å²) < 4.78 is 41.1. The van der Waals surface area contributed by atoms with Gasteiger partial charge in [0.1, 0.15) is 29.9 Å². The second-order valence-corrected chi connectivity index (χ2v) is 13.0. The summed E-state index contributed by atoms with van der Waals surface area (Å²) >= 11 is 0.958. The number of amides is 2. The lowest BCUT2D eigenvalue weighted by Crippen LogP contribution is -2.76. The molecule has 246 valence electrons. The number of thiazole rings is 1. The number of ether oxygens (including phenoxy) is 1. The van der Waals surface area contributed by atoms with Crippen molar-refractivity contribution in [2.45, 2.75) is 56.5 Å².